The highest BCUT2D eigenvalue weighted by atomic mass is 79.9. The average molecular weight is 339 g/mol. The third kappa shape index (κ3) is 3.33. The van der Waals surface area contributed by atoms with Crippen LogP contribution in [-0.2, 0) is 11.3 Å². The number of hydrogen-bond acceptors (Lipinski definition) is 4. The van der Waals surface area contributed by atoms with E-state index in [1.54, 1.807) is 13.2 Å². The molecular weight excluding hydrogens is 324 g/mol. The summed E-state index contributed by atoms with van der Waals surface area (Å²) in [6.07, 6.45) is 0. The fraction of sp³-hybridized carbons (Fsp3) is 0.214. The van der Waals surface area contributed by atoms with Crippen LogP contribution in [-0.4, -0.2) is 25.2 Å². The number of hydrogen-bond donors (Lipinski definition) is 2. The summed E-state index contributed by atoms with van der Waals surface area (Å²) in [6.45, 7) is 0.579. The van der Waals surface area contributed by atoms with Crippen molar-refractivity contribution in [2.24, 2.45) is 0 Å². The minimum Gasteiger partial charge on any atom is -0.496 e. The van der Waals surface area contributed by atoms with E-state index in [9.17, 15) is 4.79 Å². The third-order valence-electron chi connectivity index (χ3n) is 2.79. The quantitative estimate of drug-likeness (QED) is 0.822. The zero-order valence-electron chi connectivity index (χ0n) is 11.2. The van der Waals surface area contributed by atoms with E-state index in [1.807, 2.05) is 24.3 Å². The van der Waals surface area contributed by atoms with Gasteiger partial charge in [0.25, 0.3) is 0 Å². The first-order chi connectivity index (χ1) is 9.63. The van der Waals surface area contributed by atoms with Crippen molar-refractivity contribution >= 4 is 27.6 Å². The van der Waals surface area contributed by atoms with Crippen LogP contribution >= 0.6 is 15.9 Å². The summed E-state index contributed by atoms with van der Waals surface area (Å²) in [4.78, 5) is 14.3. The number of aromatic nitrogens is 1. The Morgan fingerprint density at radius 3 is 2.75 bits per heavy atom. The molecule has 0 saturated heterocycles. The highest BCUT2D eigenvalue weighted by molar-refractivity contribution is 9.10. The van der Waals surface area contributed by atoms with Crippen molar-refractivity contribution < 1.29 is 14.3 Å². The van der Waals surface area contributed by atoms with Crippen LogP contribution in [0, 0.1) is 0 Å². The molecule has 0 unspecified atom stereocenters. The Morgan fingerprint density at radius 2 is 2.10 bits per heavy atom. The Bertz CT molecular complexity index is 610. The maximum Gasteiger partial charge on any atom is 0.354 e. The van der Waals surface area contributed by atoms with Gasteiger partial charge < -0.3 is 19.8 Å². The molecule has 0 saturated carbocycles. The van der Waals surface area contributed by atoms with E-state index >= 15 is 0 Å². The number of methoxy groups -OCH3 is 2. The summed E-state index contributed by atoms with van der Waals surface area (Å²) in [5, 5.41) is 3.25. The van der Waals surface area contributed by atoms with E-state index < -0.39 is 0 Å². The molecule has 1 aromatic carbocycles. The molecule has 1 heterocycles. The molecule has 0 fully saturated rings. The molecule has 0 bridgehead atoms. The maximum atomic E-state index is 11.3. The number of rotatable bonds is 5. The Hall–Kier alpha value is -1.95. The molecule has 0 aliphatic rings. The molecule has 106 valence electrons. The Labute approximate surface area is 125 Å². The van der Waals surface area contributed by atoms with Gasteiger partial charge >= 0.3 is 5.97 Å². The van der Waals surface area contributed by atoms with Crippen LogP contribution in [0.4, 0.5) is 5.69 Å². The number of aromatic amines is 1. The van der Waals surface area contributed by atoms with Gasteiger partial charge in [-0.3, -0.25) is 0 Å². The average Bonchev–Trinajstić information content (AvgIpc) is 2.93. The van der Waals surface area contributed by atoms with Crippen LogP contribution in [0.25, 0.3) is 0 Å². The van der Waals surface area contributed by atoms with Crippen LogP contribution in [0.15, 0.2) is 34.8 Å². The summed E-state index contributed by atoms with van der Waals surface area (Å²) >= 11 is 3.43. The van der Waals surface area contributed by atoms with Gasteiger partial charge in [0, 0.05) is 11.4 Å². The van der Waals surface area contributed by atoms with Gasteiger partial charge in [0.2, 0.25) is 0 Å². The first-order valence-electron chi connectivity index (χ1n) is 5.97. The van der Waals surface area contributed by atoms with Gasteiger partial charge in [-0.25, -0.2) is 4.79 Å². The molecule has 6 heteroatoms. The summed E-state index contributed by atoms with van der Waals surface area (Å²) in [6, 6.07) is 9.28. The van der Waals surface area contributed by atoms with Crippen LogP contribution in [0.3, 0.4) is 0 Å². The minimum atomic E-state index is -0.372. The van der Waals surface area contributed by atoms with E-state index in [0.717, 1.165) is 21.6 Å². The van der Waals surface area contributed by atoms with E-state index in [2.05, 4.69) is 31.0 Å². The number of benzene rings is 1. The van der Waals surface area contributed by atoms with Crippen molar-refractivity contribution in [1.82, 2.24) is 4.98 Å². The number of carbonyl (C=O) groups excluding carboxylic acids is 1. The van der Waals surface area contributed by atoms with Gasteiger partial charge in [-0.05, 0) is 46.3 Å². The van der Waals surface area contributed by atoms with Crippen molar-refractivity contribution in [1.29, 1.82) is 0 Å². The molecule has 2 N–H and O–H groups in total. The van der Waals surface area contributed by atoms with Crippen molar-refractivity contribution in [3.05, 3.63) is 46.2 Å². The van der Waals surface area contributed by atoms with Crippen molar-refractivity contribution in [2.45, 2.75) is 6.54 Å². The molecule has 1 aromatic heterocycles. The monoisotopic (exact) mass is 338 g/mol. The lowest BCUT2D eigenvalue weighted by molar-refractivity contribution is 0.0594. The van der Waals surface area contributed by atoms with Crippen LogP contribution < -0.4 is 10.1 Å². The standard InChI is InChI=1S/C14H15BrN2O3/c1-19-13-6-4-9(7-11(13)15)16-8-10-3-5-12(17-10)14(18)20-2/h3-7,16-17H,8H2,1-2H3. The summed E-state index contributed by atoms with van der Waals surface area (Å²) in [5.41, 5.74) is 2.30. The second kappa shape index (κ2) is 6.47. The van der Waals surface area contributed by atoms with Crippen LogP contribution in [0.1, 0.15) is 16.2 Å². The number of H-pyrrole nitrogens is 1. The number of halogens is 1. The molecule has 0 aliphatic carbocycles. The largest absolute Gasteiger partial charge is 0.496 e. The molecule has 2 rings (SSSR count). The van der Waals surface area contributed by atoms with Crippen molar-refractivity contribution in [3.8, 4) is 5.75 Å². The first kappa shape index (κ1) is 14.5. The van der Waals surface area contributed by atoms with E-state index in [1.165, 1.54) is 7.11 Å². The number of esters is 1. The highest BCUT2D eigenvalue weighted by Gasteiger charge is 2.08. The lowest BCUT2D eigenvalue weighted by Crippen LogP contribution is -2.03. The molecular formula is C14H15BrN2O3. The Morgan fingerprint density at radius 1 is 1.30 bits per heavy atom. The molecule has 0 spiro atoms. The van der Waals surface area contributed by atoms with Crippen molar-refractivity contribution in [2.75, 3.05) is 19.5 Å². The third-order valence-corrected chi connectivity index (χ3v) is 3.41. The topological polar surface area (TPSA) is 63.4 Å². The van der Waals surface area contributed by atoms with Gasteiger partial charge in [-0.1, -0.05) is 0 Å². The van der Waals surface area contributed by atoms with Gasteiger partial charge in [-0.2, -0.15) is 0 Å². The van der Waals surface area contributed by atoms with Gasteiger partial charge in [0.1, 0.15) is 11.4 Å². The zero-order chi connectivity index (χ0) is 14.5. The molecule has 0 amide bonds. The minimum absolute atomic E-state index is 0.372. The van der Waals surface area contributed by atoms with E-state index in [-0.39, 0.29) is 5.97 Å². The van der Waals surface area contributed by atoms with E-state index in [0.29, 0.717) is 12.2 Å². The fourth-order valence-electron chi connectivity index (χ4n) is 1.75. The highest BCUT2D eigenvalue weighted by Crippen LogP contribution is 2.27. The normalized spacial score (nSPS) is 10.2. The molecule has 5 nitrogen and oxygen atoms in total. The van der Waals surface area contributed by atoms with Crippen LogP contribution in [0.2, 0.25) is 0 Å². The number of anilines is 1. The molecule has 20 heavy (non-hydrogen) atoms. The van der Waals surface area contributed by atoms with Crippen LogP contribution in [0.5, 0.6) is 5.75 Å². The van der Waals surface area contributed by atoms with E-state index in [4.69, 9.17) is 4.74 Å². The van der Waals surface area contributed by atoms with Gasteiger partial charge in [0.05, 0.1) is 25.2 Å². The number of nitrogens with one attached hydrogen (secondary N) is 2. The number of carbonyl (C=O) groups is 1. The molecule has 0 aliphatic heterocycles. The van der Waals surface area contributed by atoms with Crippen molar-refractivity contribution in [3.63, 3.8) is 0 Å². The lowest BCUT2D eigenvalue weighted by Gasteiger charge is -2.08. The second-order valence-electron chi connectivity index (χ2n) is 4.09. The molecule has 0 radical (unpaired) electrons. The first-order valence-corrected chi connectivity index (χ1v) is 6.77. The summed E-state index contributed by atoms with van der Waals surface area (Å²) < 4.78 is 10.7. The summed E-state index contributed by atoms with van der Waals surface area (Å²) in [5.74, 6) is 0.409. The predicted octanol–water partition coefficient (Wildman–Crippen LogP) is 3.18. The lowest BCUT2D eigenvalue weighted by atomic mass is 10.3. The zero-order valence-corrected chi connectivity index (χ0v) is 12.8. The maximum absolute atomic E-state index is 11.3. The van der Waals surface area contributed by atoms with Gasteiger partial charge in [-0.15, -0.1) is 0 Å². The number of ether oxygens (including phenoxy) is 2. The Balaban J connectivity index is 2.00. The molecule has 0 atom stereocenters. The Kier molecular flexibility index (Phi) is 4.68. The smallest absolute Gasteiger partial charge is 0.354 e. The van der Waals surface area contributed by atoms with Gasteiger partial charge in [0.15, 0.2) is 0 Å². The predicted molar refractivity (Wildman–Crippen MR) is 80.2 cm³/mol. The second-order valence-corrected chi connectivity index (χ2v) is 4.95. The fourth-order valence-corrected chi connectivity index (χ4v) is 2.29. The molecule has 2 aromatic rings. The summed E-state index contributed by atoms with van der Waals surface area (Å²) in [7, 11) is 2.98. The SMILES string of the molecule is COC(=O)c1ccc(CNc2ccc(OC)c(Br)c2)[nH]1.